The maximum Gasteiger partial charge on any atom is 0.331 e. The lowest BCUT2D eigenvalue weighted by Crippen LogP contribution is -2.22. The molecule has 3 nitrogen and oxygen atoms in total. The average Bonchev–Trinajstić information content (AvgIpc) is 2.71. The highest BCUT2D eigenvalue weighted by atomic mass is 19.1. The molecule has 118 valence electrons. The fourth-order valence-electron chi connectivity index (χ4n) is 2.42. The third kappa shape index (κ3) is 3.75. The minimum atomic E-state index is -0.519. The third-order valence-corrected chi connectivity index (χ3v) is 3.14. The van der Waals surface area contributed by atoms with E-state index in [0.717, 1.165) is 16.6 Å². The molecule has 2 rings (SSSR count). The minimum Gasteiger partial charge on any atom is -0.457 e. The SMILES string of the molecule is CC(C)n1c(/C=C/C(=O)OC(C)(C)C)cc2cc(F)ccc21. The maximum absolute atomic E-state index is 13.4. The van der Waals surface area contributed by atoms with Gasteiger partial charge in [-0.25, -0.2) is 9.18 Å². The lowest BCUT2D eigenvalue weighted by Gasteiger charge is -2.18. The van der Waals surface area contributed by atoms with Gasteiger partial charge in [-0.1, -0.05) is 0 Å². The van der Waals surface area contributed by atoms with Crippen LogP contribution in [0.2, 0.25) is 0 Å². The highest BCUT2D eigenvalue weighted by molar-refractivity contribution is 5.90. The summed E-state index contributed by atoms with van der Waals surface area (Å²) in [5.74, 6) is -0.657. The van der Waals surface area contributed by atoms with Crippen LogP contribution in [0, 0.1) is 5.82 Å². The van der Waals surface area contributed by atoms with Crippen LogP contribution in [0.3, 0.4) is 0 Å². The van der Waals surface area contributed by atoms with Gasteiger partial charge in [0.2, 0.25) is 0 Å². The van der Waals surface area contributed by atoms with E-state index in [1.165, 1.54) is 18.2 Å². The van der Waals surface area contributed by atoms with E-state index in [-0.39, 0.29) is 17.8 Å². The molecule has 0 unspecified atom stereocenters. The number of ether oxygens (including phenoxy) is 1. The van der Waals surface area contributed by atoms with Gasteiger partial charge >= 0.3 is 5.97 Å². The van der Waals surface area contributed by atoms with Gasteiger partial charge < -0.3 is 9.30 Å². The standard InChI is InChI=1S/C18H22FNO2/c1-12(2)20-15(7-9-17(21)22-18(3,4)5)11-13-10-14(19)6-8-16(13)20/h6-12H,1-5H3/b9-7+. The lowest BCUT2D eigenvalue weighted by molar-refractivity contribution is -0.148. The van der Waals surface area contributed by atoms with E-state index in [1.807, 2.05) is 40.7 Å². The lowest BCUT2D eigenvalue weighted by atomic mass is 10.2. The highest BCUT2D eigenvalue weighted by Crippen LogP contribution is 2.26. The van der Waals surface area contributed by atoms with Gasteiger partial charge in [0.05, 0.1) is 0 Å². The number of nitrogens with zero attached hydrogens (tertiary/aromatic N) is 1. The van der Waals surface area contributed by atoms with Gasteiger partial charge in [0.15, 0.2) is 0 Å². The maximum atomic E-state index is 13.4. The summed E-state index contributed by atoms with van der Waals surface area (Å²) in [4.78, 5) is 11.8. The van der Waals surface area contributed by atoms with Crippen molar-refractivity contribution in [2.45, 2.75) is 46.3 Å². The third-order valence-electron chi connectivity index (χ3n) is 3.14. The molecule has 0 amide bonds. The molecule has 4 heteroatoms. The second-order valence-corrected chi connectivity index (χ2v) is 6.60. The molecule has 1 heterocycles. The number of esters is 1. The number of fused-ring (bicyclic) bond motifs is 1. The number of carbonyl (C=O) groups excluding carboxylic acids is 1. The van der Waals surface area contributed by atoms with Crippen molar-refractivity contribution < 1.29 is 13.9 Å². The fourth-order valence-corrected chi connectivity index (χ4v) is 2.42. The summed E-state index contributed by atoms with van der Waals surface area (Å²) in [5.41, 5.74) is 1.27. The molecular formula is C18H22FNO2. The van der Waals surface area contributed by atoms with Crippen LogP contribution >= 0.6 is 0 Å². The summed E-state index contributed by atoms with van der Waals surface area (Å²) >= 11 is 0. The first-order chi connectivity index (χ1) is 10.2. The Bertz CT molecular complexity index is 720. The van der Waals surface area contributed by atoms with Gasteiger partial charge in [-0.2, -0.15) is 0 Å². The van der Waals surface area contributed by atoms with E-state index in [9.17, 15) is 9.18 Å². The van der Waals surface area contributed by atoms with Crippen LogP contribution in [0.4, 0.5) is 4.39 Å². The Labute approximate surface area is 130 Å². The fraction of sp³-hybridized carbons (Fsp3) is 0.389. The van der Waals surface area contributed by atoms with E-state index in [0.29, 0.717) is 0 Å². The Morgan fingerprint density at radius 2 is 1.95 bits per heavy atom. The Hall–Kier alpha value is -2.10. The quantitative estimate of drug-likeness (QED) is 0.607. The van der Waals surface area contributed by atoms with Crippen LogP contribution in [-0.4, -0.2) is 16.1 Å². The minimum absolute atomic E-state index is 0.196. The number of halogens is 1. The summed E-state index contributed by atoms with van der Waals surface area (Å²) in [5, 5.41) is 0.817. The molecule has 0 aliphatic carbocycles. The van der Waals surface area contributed by atoms with Crippen molar-refractivity contribution >= 4 is 22.9 Å². The molecule has 1 aromatic heterocycles. The molecule has 0 radical (unpaired) electrons. The van der Waals surface area contributed by atoms with Gasteiger partial charge in [-0.3, -0.25) is 0 Å². The molecule has 22 heavy (non-hydrogen) atoms. The topological polar surface area (TPSA) is 31.2 Å². The smallest absolute Gasteiger partial charge is 0.331 e. The number of hydrogen-bond donors (Lipinski definition) is 0. The first-order valence-electron chi connectivity index (χ1n) is 7.39. The van der Waals surface area contributed by atoms with Gasteiger partial charge in [-0.15, -0.1) is 0 Å². The molecule has 0 aliphatic heterocycles. The molecular weight excluding hydrogens is 281 g/mol. The Balaban J connectivity index is 2.38. The molecule has 0 bridgehead atoms. The number of carbonyl (C=O) groups is 1. The summed E-state index contributed by atoms with van der Waals surface area (Å²) in [6, 6.07) is 6.78. The van der Waals surface area contributed by atoms with Crippen molar-refractivity contribution in [2.75, 3.05) is 0 Å². The normalized spacial score (nSPS) is 12.5. The van der Waals surface area contributed by atoms with Crippen LogP contribution in [-0.2, 0) is 9.53 Å². The molecule has 0 N–H and O–H groups in total. The van der Waals surface area contributed by atoms with E-state index in [2.05, 4.69) is 4.57 Å². The zero-order valence-electron chi connectivity index (χ0n) is 13.7. The molecule has 0 spiro atoms. The average molecular weight is 303 g/mol. The molecule has 1 aromatic carbocycles. The first-order valence-corrected chi connectivity index (χ1v) is 7.39. The van der Waals surface area contributed by atoms with Crippen molar-refractivity contribution in [3.05, 3.63) is 41.9 Å². The molecule has 0 atom stereocenters. The molecule has 0 saturated heterocycles. The zero-order chi connectivity index (χ0) is 16.5. The molecule has 0 saturated carbocycles. The van der Waals surface area contributed by atoms with Gasteiger partial charge in [0, 0.05) is 28.7 Å². The monoisotopic (exact) mass is 303 g/mol. The number of rotatable bonds is 3. The van der Waals surface area contributed by atoms with Crippen molar-refractivity contribution in [2.24, 2.45) is 0 Å². The number of aromatic nitrogens is 1. The summed E-state index contributed by atoms with van der Waals surface area (Å²) in [6.45, 7) is 9.58. The Morgan fingerprint density at radius 1 is 1.27 bits per heavy atom. The largest absolute Gasteiger partial charge is 0.457 e. The van der Waals surface area contributed by atoms with Crippen LogP contribution in [0.1, 0.15) is 46.4 Å². The molecule has 0 fully saturated rings. The predicted octanol–water partition coefficient (Wildman–Crippen LogP) is 4.72. The van der Waals surface area contributed by atoms with Gasteiger partial charge in [0.25, 0.3) is 0 Å². The highest BCUT2D eigenvalue weighted by Gasteiger charge is 2.15. The van der Waals surface area contributed by atoms with Crippen molar-refractivity contribution in [1.29, 1.82) is 0 Å². The second-order valence-electron chi connectivity index (χ2n) is 6.60. The first kappa shape index (κ1) is 16.3. The van der Waals surface area contributed by atoms with Crippen LogP contribution in [0.15, 0.2) is 30.3 Å². The van der Waals surface area contributed by atoms with E-state index in [4.69, 9.17) is 4.74 Å². The summed E-state index contributed by atoms with van der Waals surface area (Å²) < 4.78 is 20.7. The van der Waals surface area contributed by atoms with Gasteiger partial charge in [0.1, 0.15) is 11.4 Å². The zero-order valence-corrected chi connectivity index (χ0v) is 13.7. The van der Waals surface area contributed by atoms with Crippen LogP contribution in [0.5, 0.6) is 0 Å². The van der Waals surface area contributed by atoms with Gasteiger partial charge in [-0.05, 0) is 65.0 Å². The predicted molar refractivity (Wildman–Crippen MR) is 87.2 cm³/mol. The van der Waals surface area contributed by atoms with Crippen molar-refractivity contribution in [3.8, 4) is 0 Å². The Kier molecular flexibility index (Phi) is 4.40. The van der Waals surface area contributed by atoms with E-state index in [1.54, 1.807) is 12.1 Å². The van der Waals surface area contributed by atoms with Crippen molar-refractivity contribution in [3.63, 3.8) is 0 Å². The molecule has 2 aromatic rings. The number of benzene rings is 1. The summed E-state index contributed by atoms with van der Waals surface area (Å²) in [6.07, 6.45) is 3.13. The van der Waals surface area contributed by atoms with E-state index < -0.39 is 5.60 Å². The van der Waals surface area contributed by atoms with E-state index >= 15 is 0 Å². The second kappa shape index (κ2) is 5.95. The number of hydrogen-bond acceptors (Lipinski definition) is 2. The van der Waals surface area contributed by atoms with Crippen LogP contribution < -0.4 is 0 Å². The Morgan fingerprint density at radius 3 is 2.55 bits per heavy atom. The van der Waals surface area contributed by atoms with Crippen molar-refractivity contribution in [1.82, 2.24) is 4.57 Å². The summed E-state index contributed by atoms with van der Waals surface area (Å²) in [7, 11) is 0. The molecule has 0 aliphatic rings. The van der Waals surface area contributed by atoms with Crippen LogP contribution in [0.25, 0.3) is 17.0 Å².